The first-order valence-electron chi connectivity index (χ1n) is 7.05. The Labute approximate surface area is 129 Å². The molecule has 1 unspecified atom stereocenters. The predicted molar refractivity (Wildman–Crippen MR) is 84.3 cm³/mol. The van der Waals surface area contributed by atoms with Crippen LogP contribution in [0.2, 0.25) is 0 Å². The van der Waals surface area contributed by atoms with Gasteiger partial charge < -0.3 is 10.6 Å². The quantitative estimate of drug-likeness (QED) is 0.851. The van der Waals surface area contributed by atoms with Crippen LogP contribution in [0.1, 0.15) is 12.0 Å². The first kappa shape index (κ1) is 14.7. The molecule has 1 aliphatic heterocycles. The monoisotopic (exact) mass is 319 g/mol. The fourth-order valence-corrected chi connectivity index (χ4v) is 4.02. The molecular formula is C14H17N5O2S. The van der Waals surface area contributed by atoms with Crippen molar-refractivity contribution in [2.45, 2.75) is 19.0 Å². The van der Waals surface area contributed by atoms with E-state index in [1.807, 2.05) is 30.3 Å². The fourth-order valence-electron chi connectivity index (χ4n) is 2.34. The molecule has 1 saturated heterocycles. The van der Waals surface area contributed by atoms with Gasteiger partial charge in [0.05, 0.1) is 17.7 Å². The zero-order valence-corrected chi connectivity index (χ0v) is 12.8. The minimum atomic E-state index is -2.91. The number of rotatable bonds is 5. The Morgan fingerprint density at radius 2 is 2.05 bits per heavy atom. The first-order valence-corrected chi connectivity index (χ1v) is 8.87. The molecule has 116 valence electrons. The van der Waals surface area contributed by atoms with Crippen LogP contribution in [0.4, 0.5) is 11.8 Å². The number of nitrogens with one attached hydrogen (secondary N) is 2. The van der Waals surface area contributed by atoms with Crippen molar-refractivity contribution >= 4 is 21.6 Å². The summed E-state index contributed by atoms with van der Waals surface area (Å²) in [4.78, 5) is 4.31. The lowest BCUT2D eigenvalue weighted by Gasteiger charge is -2.11. The van der Waals surface area contributed by atoms with E-state index < -0.39 is 9.84 Å². The molecule has 7 nitrogen and oxygen atoms in total. The second kappa shape index (κ2) is 6.27. The van der Waals surface area contributed by atoms with Crippen LogP contribution in [0.15, 0.2) is 36.5 Å². The van der Waals surface area contributed by atoms with Crippen molar-refractivity contribution in [1.82, 2.24) is 15.2 Å². The van der Waals surface area contributed by atoms with Gasteiger partial charge in [-0.3, -0.25) is 0 Å². The van der Waals surface area contributed by atoms with Gasteiger partial charge >= 0.3 is 0 Å². The fraction of sp³-hybridized carbons (Fsp3) is 0.357. The Balaban J connectivity index is 1.60. The number of sulfone groups is 1. The Morgan fingerprint density at radius 3 is 2.77 bits per heavy atom. The van der Waals surface area contributed by atoms with Gasteiger partial charge in [0, 0.05) is 12.6 Å². The molecular weight excluding hydrogens is 302 g/mol. The van der Waals surface area contributed by atoms with Crippen LogP contribution in [0.3, 0.4) is 0 Å². The molecule has 1 aliphatic rings. The SMILES string of the molecule is O=S1(=O)CCC(Nc2cnnc(NCc3ccccc3)n2)C1. The second-order valence-corrected chi connectivity index (χ2v) is 7.48. The van der Waals surface area contributed by atoms with Crippen molar-refractivity contribution in [3.05, 3.63) is 42.1 Å². The zero-order chi connectivity index (χ0) is 15.4. The molecule has 1 aromatic carbocycles. The van der Waals surface area contributed by atoms with E-state index in [9.17, 15) is 8.42 Å². The molecule has 0 saturated carbocycles. The van der Waals surface area contributed by atoms with Gasteiger partial charge in [-0.05, 0) is 12.0 Å². The average Bonchev–Trinajstić information content (AvgIpc) is 2.85. The van der Waals surface area contributed by atoms with E-state index in [-0.39, 0.29) is 17.5 Å². The second-order valence-electron chi connectivity index (χ2n) is 5.25. The predicted octanol–water partition coefficient (Wildman–Crippen LogP) is 1.08. The van der Waals surface area contributed by atoms with Crippen LogP contribution < -0.4 is 10.6 Å². The van der Waals surface area contributed by atoms with Crippen molar-refractivity contribution in [2.75, 3.05) is 22.1 Å². The van der Waals surface area contributed by atoms with Crippen molar-refractivity contribution in [1.29, 1.82) is 0 Å². The summed E-state index contributed by atoms with van der Waals surface area (Å²) in [6, 6.07) is 9.80. The molecule has 0 bridgehead atoms. The van der Waals surface area contributed by atoms with Crippen molar-refractivity contribution in [3.8, 4) is 0 Å². The third kappa shape index (κ3) is 3.91. The van der Waals surface area contributed by atoms with Crippen LogP contribution >= 0.6 is 0 Å². The van der Waals surface area contributed by atoms with Crippen LogP contribution in [0, 0.1) is 0 Å². The van der Waals surface area contributed by atoms with Crippen LogP contribution in [0.25, 0.3) is 0 Å². The van der Waals surface area contributed by atoms with Crippen molar-refractivity contribution in [2.24, 2.45) is 0 Å². The van der Waals surface area contributed by atoms with Gasteiger partial charge in [-0.15, -0.1) is 5.10 Å². The lowest BCUT2D eigenvalue weighted by atomic mass is 10.2. The summed E-state index contributed by atoms with van der Waals surface area (Å²) in [6.45, 7) is 0.601. The molecule has 8 heteroatoms. The molecule has 2 aromatic rings. The summed E-state index contributed by atoms with van der Waals surface area (Å²) in [5, 5.41) is 14.0. The highest BCUT2D eigenvalue weighted by Crippen LogP contribution is 2.16. The maximum absolute atomic E-state index is 11.5. The summed E-state index contributed by atoms with van der Waals surface area (Å²) in [5.74, 6) is 1.31. The third-order valence-corrected chi connectivity index (χ3v) is 5.20. The lowest BCUT2D eigenvalue weighted by molar-refractivity contribution is 0.602. The number of nitrogens with zero attached hydrogens (tertiary/aromatic N) is 3. The number of anilines is 2. The topological polar surface area (TPSA) is 96.9 Å². The smallest absolute Gasteiger partial charge is 0.244 e. The molecule has 0 spiro atoms. The Hall–Kier alpha value is -2.22. The summed E-state index contributed by atoms with van der Waals surface area (Å²) >= 11 is 0. The highest BCUT2D eigenvalue weighted by atomic mass is 32.2. The maximum atomic E-state index is 11.5. The highest BCUT2D eigenvalue weighted by molar-refractivity contribution is 7.91. The maximum Gasteiger partial charge on any atom is 0.244 e. The van der Waals surface area contributed by atoms with Crippen LogP contribution in [-0.2, 0) is 16.4 Å². The average molecular weight is 319 g/mol. The molecule has 3 rings (SSSR count). The van der Waals surface area contributed by atoms with E-state index in [0.717, 1.165) is 5.56 Å². The minimum Gasteiger partial charge on any atom is -0.365 e. The summed E-state index contributed by atoms with van der Waals surface area (Å²) < 4.78 is 22.9. The van der Waals surface area contributed by atoms with Gasteiger partial charge in [-0.25, -0.2) is 8.42 Å². The third-order valence-electron chi connectivity index (χ3n) is 3.44. The lowest BCUT2D eigenvalue weighted by Crippen LogP contribution is -2.21. The number of benzene rings is 1. The molecule has 1 atom stereocenters. The van der Waals surface area contributed by atoms with Gasteiger partial charge in [0.25, 0.3) is 0 Å². The van der Waals surface area contributed by atoms with E-state index >= 15 is 0 Å². The number of hydrogen-bond donors (Lipinski definition) is 2. The number of hydrogen-bond acceptors (Lipinski definition) is 7. The van der Waals surface area contributed by atoms with Crippen LogP contribution in [0.5, 0.6) is 0 Å². The van der Waals surface area contributed by atoms with Gasteiger partial charge in [0.15, 0.2) is 15.7 Å². The molecule has 2 N–H and O–H groups in total. The standard InChI is InChI=1S/C14H17N5O2S/c20-22(21)7-6-12(10-22)17-13-9-16-19-14(18-13)15-8-11-4-2-1-3-5-11/h1-5,9,12H,6-8,10H2,(H2,15,17,18,19). The van der Waals surface area contributed by atoms with E-state index in [4.69, 9.17) is 0 Å². The Kier molecular flexibility index (Phi) is 4.19. The normalized spacial score (nSPS) is 19.7. The van der Waals surface area contributed by atoms with Crippen molar-refractivity contribution in [3.63, 3.8) is 0 Å². The molecule has 0 amide bonds. The van der Waals surface area contributed by atoms with Crippen molar-refractivity contribution < 1.29 is 8.42 Å². The molecule has 1 fully saturated rings. The summed E-state index contributed by atoms with van der Waals surface area (Å²) in [5.41, 5.74) is 1.12. The first-order chi connectivity index (χ1) is 10.6. The summed E-state index contributed by atoms with van der Waals surface area (Å²) in [7, 11) is -2.91. The molecule has 2 heterocycles. The molecule has 22 heavy (non-hydrogen) atoms. The van der Waals surface area contributed by atoms with E-state index in [1.165, 1.54) is 6.20 Å². The summed E-state index contributed by atoms with van der Waals surface area (Å²) in [6.07, 6.45) is 2.09. The Bertz CT molecular complexity index is 736. The van der Waals surface area contributed by atoms with Gasteiger partial charge in [0.2, 0.25) is 5.95 Å². The van der Waals surface area contributed by atoms with Gasteiger partial charge in [-0.2, -0.15) is 10.1 Å². The molecule has 0 radical (unpaired) electrons. The van der Waals surface area contributed by atoms with E-state index in [2.05, 4.69) is 25.8 Å². The van der Waals surface area contributed by atoms with Gasteiger partial charge in [0.1, 0.15) is 0 Å². The molecule has 0 aliphatic carbocycles. The Morgan fingerprint density at radius 1 is 1.23 bits per heavy atom. The van der Waals surface area contributed by atoms with Gasteiger partial charge in [-0.1, -0.05) is 30.3 Å². The zero-order valence-electron chi connectivity index (χ0n) is 11.9. The number of aromatic nitrogens is 3. The van der Waals surface area contributed by atoms with Crippen LogP contribution in [-0.4, -0.2) is 41.1 Å². The molecule has 1 aromatic heterocycles. The van der Waals surface area contributed by atoms with E-state index in [0.29, 0.717) is 24.7 Å². The minimum absolute atomic E-state index is 0.108. The highest BCUT2D eigenvalue weighted by Gasteiger charge is 2.28. The van der Waals surface area contributed by atoms with E-state index in [1.54, 1.807) is 0 Å². The largest absolute Gasteiger partial charge is 0.365 e.